The third-order valence-electron chi connectivity index (χ3n) is 3.40. The summed E-state index contributed by atoms with van der Waals surface area (Å²) >= 11 is 0. The van der Waals surface area contributed by atoms with E-state index in [-0.39, 0.29) is 0 Å². The molecule has 2 aromatic rings. The molecular weight excluding hydrogens is 276 g/mol. The second kappa shape index (κ2) is 9.58. The van der Waals surface area contributed by atoms with E-state index >= 15 is 0 Å². The van der Waals surface area contributed by atoms with Gasteiger partial charge in [0, 0.05) is 31.9 Å². The summed E-state index contributed by atoms with van der Waals surface area (Å²) in [6.45, 7) is 5.29. The Bertz CT molecular complexity index is 525. The first-order valence-electron chi connectivity index (χ1n) is 7.50. The Labute approximate surface area is 131 Å². The Morgan fingerprint density at radius 2 is 1.55 bits per heavy atom. The van der Waals surface area contributed by atoms with Crippen LogP contribution < -0.4 is 10.2 Å². The van der Waals surface area contributed by atoms with Crippen LogP contribution in [0.2, 0.25) is 0 Å². The SMILES string of the molecule is O=COCc1ccccc1.c1ccc(N2CCNCC2)cc1. The van der Waals surface area contributed by atoms with Crippen LogP contribution in [0, 0.1) is 0 Å². The molecule has 1 saturated heterocycles. The first-order valence-corrected chi connectivity index (χ1v) is 7.50. The van der Waals surface area contributed by atoms with E-state index in [9.17, 15) is 4.79 Å². The van der Waals surface area contributed by atoms with E-state index in [4.69, 9.17) is 0 Å². The van der Waals surface area contributed by atoms with Gasteiger partial charge in [0.1, 0.15) is 6.61 Å². The minimum Gasteiger partial charge on any atom is -0.463 e. The van der Waals surface area contributed by atoms with Gasteiger partial charge in [0.25, 0.3) is 6.47 Å². The van der Waals surface area contributed by atoms with Crippen molar-refractivity contribution >= 4 is 12.2 Å². The highest BCUT2D eigenvalue weighted by Crippen LogP contribution is 2.12. The molecule has 4 nitrogen and oxygen atoms in total. The van der Waals surface area contributed by atoms with Crippen molar-refractivity contribution in [3.8, 4) is 0 Å². The molecule has 0 bridgehead atoms. The molecule has 0 amide bonds. The average Bonchev–Trinajstić information content (AvgIpc) is 2.63. The summed E-state index contributed by atoms with van der Waals surface area (Å²) in [6, 6.07) is 20.1. The van der Waals surface area contributed by atoms with Crippen LogP contribution in [0.4, 0.5) is 5.69 Å². The zero-order valence-corrected chi connectivity index (χ0v) is 12.7. The predicted molar refractivity (Wildman–Crippen MR) is 88.8 cm³/mol. The van der Waals surface area contributed by atoms with Crippen molar-refractivity contribution in [1.29, 1.82) is 0 Å². The van der Waals surface area contributed by atoms with Gasteiger partial charge in [-0.2, -0.15) is 0 Å². The van der Waals surface area contributed by atoms with Gasteiger partial charge < -0.3 is 15.0 Å². The van der Waals surface area contributed by atoms with Gasteiger partial charge in [-0.25, -0.2) is 0 Å². The van der Waals surface area contributed by atoms with Gasteiger partial charge in [-0.05, 0) is 17.7 Å². The molecule has 0 spiro atoms. The molecular formula is C18H22N2O2. The summed E-state index contributed by atoms with van der Waals surface area (Å²) in [5.74, 6) is 0. The second-order valence-corrected chi connectivity index (χ2v) is 4.97. The van der Waals surface area contributed by atoms with E-state index in [0.29, 0.717) is 13.1 Å². The summed E-state index contributed by atoms with van der Waals surface area (Å²) in [5.41, 5.74) is 2.36. The molecule has 0 saturated carbocycles. The Morgan fingerprint density at radius 3 is 2.14 bits per heavy atom. The molecule has 116 valence electrons. The third-order valence-corrected chi connectivity index (χ3v) is 3.40. The zero-order chi connectivity index (χ0) is 15.5. The number of piperazine rings is 1. The van der Waals surface area contributed by atoms with Crippen LogP contribution in [0.5, 0.6) is 0 Å². The maximum atomic E-state index is 9.76. The molecule has 1 heterocycles. The fourth-order valence-electron chi connectivity index (χ4n) is 2.27. The minimum absolute atomic E-state index is 0.365. The number of para-hydroxylation sites is 1. The Morgan fingerprint density at radius 1 is 0.955 bits per heavy atom. The lowest BCUT2D eigenvalue weighted by Crippen LogP contribution is -2.43. The van der Waals surface area contributed by atoms with Crippen molar-refractivity contribution < 1.29 is 9.53 Å². The molecule has 22 heavy (non-hydrogen) atoms. The zero-order valence-electron chi connectivity index (χ0n) is 12.7. The maximum absolute atomic E-state index is 9.76. The number of hydrogen-bond donors (Lipinski definition) is 1. The molecule has 1 fully saturated rings. The highest BCUT2D eigenvalue weighted by atomic mass is 16.5. The van der Waals surface area contributed by atoms with Crippen LogP contribution in [-0.2, 0) is 16.1 Å². The van der Waals surface area contributed by atoms with Crippen LogP contribution in [-0.4, -0.2) is 32.7 Å². The molecule has 0 unspecified atom stereocenters. The first kappa shape index (κ1) is 16.0. The molecule has 0 aliphatic carbocycles. The molecule has 0 aromatic heterocycles. The fraction of sp³-hybridized carbons (Fsp3) is 0.278. The molecule has 4 heteroatoms. The van der Waals surface area contributed by atoms with Crippen LogP contribution in [0.3, 0.4) is 0 Å². The van der Waals surface area contributed by atoms with Gasteiger partial charge >= 0.3 is 0 Å². The predicted octanol–water partition coefficient (Wildman–Crippen LogP) is 2.46. The number of anilines is 1. The molecule has 1 aliphatic heterocycles. The Balaban J connectivity index is 0.000000164. The van der Waals surface area contributed by atoms with E-state index in [1.165, 1.54) is 5.69 Å². The monoisotopic (exact) mass is 298 g/mol. The van der Waals surface area contributed by atoms with E-state index in [1.807, 2.05) is 30.3 Å². The largest absolute Gasteiger partial charge is 0.463 e. The molecule has 0 atom stereocenters. The van der Waals surface area contributed by atoms with Crippen molar-refractivity contribution in [2.24, 2.45) is 0 Å². The van der Waals surface area contributed by atoms with Crippen molar-refractivity contribution in [3.63, 3.8) is 0 Å². The van der Waals surface area contributed by atoms with Gasteiger partial charge in [0.05, 0.1) is 0 Å². The summed E-state index contributed by atoms with van der Waals surface area (Å²) < 4.78 is 4.54. The smallest absolute Gasteiger partial charge is 0.293 e. The number of ether oxygens (including phenoxy) is 1. The van der Waals surface area contributed by atoms with Gasteiger partial charge in [-0.1, -0.05) is 48.5 Å². The minimum atomic E-state index is 0.365. The topological polar surface area (TPSA) is 41.6 Å². The lowest BCUT2D eigenvalue weighted by atomic mass is 10.2. The first-order chi connectivity index (χ1) is 10.9. The van der Waals surface area contributed by atoms with Gasteiger partial charge in [-0.3, -0.25) is 4.79 Å². The number of hydrogen-bond acceptors (Lipinski definition) is 4. The third kappa shape index (κ3) is 5.58. The summed E-state index contributed by atoms with van der Waals surface area (Å²) in [7, 11) is 0. The molecule has 2 aromatic carbocycles. The number of nitrogens with zero attached hydrogens (tertiary/aromatic N) is 1. The van der Waals surface area contributed by atoms with E-state index in [0.717, 1.165) is 31.7 Å². The fourth-order valence-corrected chi connectivity index (χ4v) is 2.27. The normalized spacial score (nSPS) is 13.7. The second-order valence-electron chi connectivity index (χ2n) is 4.97. The number of nitrogens with one attached hydrogen (secondary N) is 1. The van der Waals surface area contributed by atoms with E-state index < -0.39 is 0 Å². The molecule has 1 N–H and O–H groups in total. The standard InChI is InChI=1S/C10H14N2.C8H8O2/c1-2-4-10(5-3-1)12-8-6-11-7-9-12;9-7-10-6-8-4-2-1-3-5-8/h1-5,11H,6-9H2;1-5,7H,6H2. The Kier molecular flexibility index (Phi) is 6.99. The van der Waals surface area contributed by atoms with Gasteiger partial charge in [-0.15, -0.1) is 0 Å². The average molecular weight is 298 g/mol. The van der Waals surface area contributed by atoms with Crippen LogP contribution >= 0.6 is 0 Å². The summed E-state index contributed by atoms with van der Waals surface area (Å²) in [6.07, 6.45) is 0. The summed E-state index contributed by atoms with van der Waals surface area (Å²) in [4.78, 5) is 12.2. The molecule has 0 radical (unpaired) electrons. The van der Waals surface area contributed by atoms with Crippen molar-refractivity contribution in [2.45, 2.75) is 6.61 Å². The lowest BCUT2D eigenvalue weighted by molar-refractivity contribution is -0.129. The maximum Gasteiger partial charge on any atom is 0.293 e. The quantitative estimate of drug-likeness (QED) is 0.880. The Hall–Kier alpha value is -2.33. The molecule has 3 rings (SSSR count). The summed E-state index contributed by atoms with van der Waals surface area (Å²) in [5, 5.41) is 3.34. The van der Waals surface area contributed by atoms with Crippen molar-refractivity contribution in [3.05, 3.63) is 66.2 Å². The van der Waals surface area contributed by atoms with Crippen molar-refractivity contribution in [1.82, 2.24) is 5.32 Å². The number of rotatable bonds is 4. The van der Waals surface area contributed by atoms with Crippen LogP contribution in [0.25, 0.3) is 0 Å². The van der Waals surface area contributed by atoms with E-state index in [2.05, 4.69) is 45.3 Å². The highest BCUT2D eigenvalue weighted by Gasteiger charge is 2.08. The number of benzene rings is 2. The molecule has 1 aliphatic rings. The lowest BCUT2D eigenvalue weighted by Gasteiger charge is -2.29. The number of carbonyl (C=O) groups excluding carboxylic acids is 1. The van der Waals surface area contributed by atoms with Crippen LogP contribution in [0.15, 0.2) is 60.7 Å². The van der Waals surface area contributed by atoms with Gasteiger partial charge in [0.15, 0.2) is 0 Å². The number of carbonyl (C=O) groups is 1. The van der Waals surface area contributed by atoms with Gasteiger partial charge in [0.2, 0.25) is 0 Å². The van der Waals surface area contributed by atoms with Crippen molar-refractivity contribution in [2.75, 3.05) is 31.1 Å². The van der Waals surface area contributed by atoms with E-state index in [1.54, 1.807) is 0 Å². The van der Waals surface area contributed by atoms with Crippen LogP contribution in [0.1, 0.15) is 5.56 Å². The highest BCUT2D eigenvalue weighted by molar-refractivity contribution is 5.46.